The smallest absolute Gasteiger partial charge is 0.0733 e. The molecular formula is C24H22O3. The van der Waals surface area contributed by atoms with Gasteiger partial charge >= 0.3 is 0 Å². The maximum atomic E-state index is 6.00. The van der Waals surface area contributed by atoms with E-state index >= 15 is 0 Å². The highest BCUT2D eigenvalue weighted by molar-refractivity contribution is 5.92. The molecule has 0 saturated heterocycles. The van der Waals surface area contributed by atoms with Gasteiger partial charge in [0.2, 0.25) is 0 Å². The molecule has 0 amide bonds. The molecule has 136 valence electrons. The first-order valence-corrected chi connectivity index (χ1v) is 9.30. The lowest BCUT2D eigenvalue weighted by Gasteiger charge is -2.35. The van der Waals surface area contributed by atoms with Crippen LogP contribution in [0.3, 0.4) is 0 Å². The summed E-state index contributed by atoms with van der Waals surface area (Å²) in [6.45, 7) is 12.1. The predicted molar refractivity (Wildman–Crippen MR) is 108 cm³/mol. The van der Waals surface area contributed by atoms with Gasteiger partial charge in [-0.15, -0.1) is 0 Å². The standard InChI is InChI=1S/C24H22O3/c1-15-9-25-12-19-22-16(2)10-26-13-20(22)24-18(8-17-6-4-3-5-7-17)11-27-14-21(24)23(15)19/h3-8H,1-2,9-14H2/b18-8+. The van der Waals surface area contributed by atoms with Gasteiger partial charge in [0.05, 0.1) is 39.6 Å². The van der Waals surface area contributed by atoms with E-state index in [0.29, 0.717) is 39.6 Å². The van der Waals surface area contributed by atoms with Crippen molar-refractivity contribution >= 4 is 22.8 Å². The Morgan fingerprint density at radius 1 is 0.630 bits per heavy atom. The number of hydrogen-bond acceptors (Lipinski definition) is 3. The van der Waals surface area contributed by atoms with Crippen molar-refractivity contribution in [3.63, 3.8) is 0 Å². The fraction of sp³-hybridized carbons (Fsp3) is 0.250. The van der Waals surface area contributed by atoms with E-state index in [-0.39, 0.29) is 0 Å². The van der Waals surface area contributed by atoms with Crippen molar-refractivity contribution in [2.75, 3.05) is 19.8 Å². The summed E-state index contributed by atoms with van der Waals surface area (Å²) in [4.78, 5) is 0. The van der Waals surface area contributed by atoms with Gasteiger partial charge in [-0.2, -0.15) is 0 Å². The van der Waals surface area contributed by atoms with Crippen LogP contribution >= 0.6 is 0 Å². The number of fused-ring (bicyclic) bond motifs is 6. The average Bonchev–Trinajstić information content (AvgIpc) is 2.69. The third-order valence-electron chi connectivity index (χ3n) is 5.53. The van der Waals surface area contributed by atoms with E-state index in [2.05, 4.69) is 43.5 Å². The van der Waals surface area contributed by atoms with Gasteiger partial charge in [0.1, 0.15) is 0 Å². The fourth-order valence-corrected chi connectivity index (χ4v) is 4.49. The third kappa shape index (κ3) is 2.71. The summed E-state index contributed by atoms with van der Waals surface area (Å²) in [5.41, 5.74) is 11.8. The number of rotatable bonds is 1. The van der Waals surface area contributed by atoms with Crippen LogP contribution in [0.25, 0.3) is 22.8 Å². The molecule has 2 aromatic carbocycles. The van der Waals surface area contributed by atoms with Crippen molar-refractivity contribution < 1.29 is 14.2 Å². The first kappa shape index (κ1) is 16.7. The minimum absolute atomic E-state index is 0.568. The third-order valence-corrected chi connectivity index (χ3v) is 5.53. The van der Waals surface area contributed by atoms with E-state index in [1.807, 2.05) is 6.07 Å². The van der Waals surface area contributed by atoms with Crippen LogP contribution in [-0.4, -0.2) is 19.8 Å². The van der Waals surface area contributed by atoms with E-state index in [9.17, 15) is 0 Å². The minimum Gasteiger partial charge on any atom is -0.372 e. The molecule has 3 heteroatoms. The molecule has 0 radical (unpaired) electrons. The lowest BCUT2D eigenvalue weighted by atomic mass is 9.78. The summed E-state index contributed by atoms with van der Waals surface area (Å²) < 4.78 is 17.7. The fourth-order valence-electron chi connectivity index (χ4n) is 4.49. The van der Waals surface area contributed by atoms with Crippen LogP contribution in [0.15, 0.2) is 43.5 Å². The molecule has 0 fully saturated rings. The van der Waals surface area contributed by atoms with Gasteiger partial charge in [-0.3, -0.25) is 0 Å². The van der Waals surface area contributed by atoms with Crippen molar-refractivity contribution in [3.8, 4) is 0 Å². The van der Waals surface area contributed by atoms with Gasteiger partial charge in [-0.05, 0) is 61.7 Å². The maximum absolute atomic E-state index is 6.00. The number of hydrogen-bond donors (Lipinski definition) is 0. The van der Waals surface area contributed by atoms with E-state index in [1.54, 1.807) is 0 Å². The quantitative estimate of drug-likeness (QED) is 0.730. The van der Waals surface area contributed by atoms with Crippen molar-refractivity contribution in [3.05, 3.63) is 82.4 Å². The molecule has 0 unspecified atom stereocenters. The van der Waals surface area contributed by atoms with Gasteiger partial charge in [0.25, 0.3) is 0 Å². The largest absolute Gasteiger partial charge is 0.372 e. The van der Waals surface area contributed by atoms with Crippen LogP contribution in [0, 0.1) is 0 Å². The molecule has 2 aromatic rings. The molecule has 0 aliphatic carbocycles. The van der Waals surface area contributed by atoms with Crippen molar-refractivity contribution in [1.29, 1.82) is 0 Å². The Kier molecular flexibility index (Phi) is 4.09. The first-order valence-electron chi connectivity index (χ1n) is 9.30. The molecule has 0 saturated carbocycles. The van der Waals surface area contributed by atoms with Crippen LogP contribution in [0.4, 0.5) is 0 Å². The van der Waals surface area contributed by atoms with Crippen molar-refractivity contribution in [2.45, 2.75) is 19.8 Å². The lowest BCUT2D eigenvalue weighted by molar-refractivity contribution is 0.129. The van der Waals surface area contributed by atoms with Crippen LogP contribution in [0.2, 0.25) is 0 Å². The highest BCUT2D eigenvalue weighted by Crippen LogP contribution is 2.45. The predicted octanol–water partition coefficient (Wildman–Crippen LogP) is 4.84. The molecule has 3 aliphatic heterocycles. The summed E-state index contributed by atoms with van der Waals surface area (Å²) in [6.07, 6.45) is 2.23. The SMILES string of the molecule is C=C1COCc2c1c1c(c3c2/C(=C/c2ccccc2)COC3)C(=C)COC1. The Bertz CT molecular complexity index is 941. The van der Waals surface area contributed by atoms with Gasteiger partial charge < -0.3 is 14.2 Å². The molecule has 27 heavy (non-hydrogen) atoms. The molecule has 0 spiro atoms. The topological polar surface area (TPSA) is 27.7 Å². The second kappa shape index (κ2) is 6.61. The van der Waals surface area contributed by atoms with E-state index in [4.69, 9.17) is 14.2 Å². The zero-order valence-corrected chi connectivity index (χ0v) is 15.3. The summed E-state index contributed by atoms with van der Waals surface area (Å²) in [5, 5.41) is 0. The Hall–Kier alpha value is -2.46. The van der Waals surface area contributed by atoms with E-state index < -0.39 is 0 Å². The van der Waals surface area contributed by atoms with Gasteiger partial charge in [0, 0.05) is 0 Å². The van der Waals surface area contributed by atoms with Gasteiger partial charge in [-0.25, -0.2) is 0 Å². The molecule has 3 aliphatic rings. The molecule has 0 atom stereocenters. The van der Waals surface area contributed by atoms with Crippen LogP contribution in [0.5, 0.6) is 0 Å². The highest BCUT2D eigenvalue weighted by Gasteiger charge is 2.32. The number of ether oxygens (including phenoxy) is 3. The zero-order chi connectivity index (χ0) is 18.4. The second-order valence-electron chi connectivity index (χ2n) is 7.33. The number of benzene rings is 2. The maximum Gasteiger partial charge on any atom is 0.0733 e. The van der Waals surface area contributed by atoms with Crippen molar-refractivity contribution in [1.82, 2.24) is 0 Å². The highest BCUT2D eigenvalue weighted by atomic mass is 16.5. The molecule has 3 heterocycles. The molecule has 0 bridgehead atoms. The van der Waals surface area contributed by atoms with Crippen LogP contribution < -0.4 is 0 Å². The Balaban J connectivity index is 1.81. The van der Waals surface area contributed by atoms with Crippen LogP contribution in [0.1, 0.15) is 38.9 Å². The molecular weight excluding hydrogens is 336 g/mol. The average molecular weight is 358 g/mol. The lowest BCUT2D eigenvalue weighted by Crippen LogP contribution is -2.24. The second-order valence-corrected chi connectivity index (χ2v) is 7.33. The van der Waals surface area contributed by atoms with E-state index in [1.165, 1.54) is 44.5 Å². The Labute approximate surface area is 159 Å². The monoisotopic (exact) mass is 358 g/mol. The molecule has 0 N–H and O–H groups in total. The summed E-state index contributed by atoms with van der Waals surface area (Å²) in [5.74, 6) is 0. The molecule has 0 aromatic heterocycles. The first-order chi connectivity index (χ1) is 13.2. The van der Waals surface area contributed by atoms with E-state index in [0.717, 1.165) is 11.1 Å². The minimum atomic E-state index is 0.568. The summed E-state index contributed by atoms with van der Waals surface area (Å²) in [6, 6.07) is 10.4. The summed E-state index contributed by atoms with van der Waals surface area (Å²) >= 11 is 0. The Morgan fingerprint density at radius 2 is 1.15 bits per heavy atom. The normalized spacial score (nSPS) is 20.2. The van der Waals surface area contributed by atoms with Gasteiger partial charge in [-0.1, -0.05) is 43.5 Å². The zero-order valence-electron chi connectivity index (χ0n) is 15.3. The van der Waals surface area contributed by atoms with Gasteiger partial charge in [0.15, 0.2) is 0 Å². The van der Waals surface area contributed by atoms with Crippen LogP contribution in [-0.2, 0) is 34.0 Å². The summed E-state index contributed by atoms with van der Waals surface area (Å²) in [7, 11) is 0. The van der Waals surface area contributed by atoms with Crippen molar-refractivity contribution in [2.24, 2.45) is 0 Å². The molecule has 3 nitrogen and oxygen atoms in total. The molecule has 5 rings (SSSR count). The Morgan fingerprint density at radius 3 is 1.74 bits per heavy atom.